The lowest BCUT2D eigenvalue weighted by Crippen LogP contribution is -2.58. The molecule has 162 valence electrons. The van der Waals surface area contributed by atoms with Gasteiger partial charge in [-0.2, -0.15) is 0 Å². The molecule has 0 aromatic heterocycles. The average molecular weight is 406 g/mol. The Balaban J connectivity index is 1.86. The zero-order valence-electron chi connectivity index (χ0n) is 17.5. The minimum absolute atomic E-state index is 0.00987. The summed E-state index contributed by atoms with van der Waals surface area (Å²) in [5.41, 5.74) is 6.36. The van der Waals surface area contributed by atoms with Crippen LogP contribution in [-0.2, 0) is 9.53 Å². The second kappa shape index (κ2) is 13.1. The third-order valence-corrected chi connectivity index (χ3v) is 4.92. The zero-order valence-corrected chi connectivity index (χ0v) is 17.5. The summed E-state index contributed by atoms with van der Waals surface area (Å²) in [6, 6.07) is 0.114. The van der Waals surface area contributed by atoms with E-state index in [0.717, 1.165) is 45.4 Å². The minimum atomic E-state index is -0.128. The fourth-order valence-corrected chi connectivity index (χ4v) is 3.37. The van der Waals surface area contributed by atoms with Crippen LogP contribution in [0.15, 0.2) is 35.0 Å². The van der Waals surface area contributed by atoms with Crippen molar-refractivity contribution in [2.45, 2.75) is 38.4 Å². The summed E-state index contributed by atoms with van der Waals surface area (Å²) in [6.07, 6.45) is 7.73. The highest BCUT2D eigenvalue weighted by molar-refractivity contribution is 5.87. The predicted octanol–water partition coefficient (Wildman–Crippen LogP) is 0.486. The SMILES string of the molecule is C=CC(=O)N[C@@H]1CCCN(C(C/N=C\CC)NN/C=N\C(=C)N2CCOCC2)C1. The summed E-state index contributed by atoms with van der Waals surface area (Å²) in [6.45, 7) is 15.0. The molecule has 0 aromatic carbocycles. The predicted molar refractivity (Wildman–Crippen MR) is 117 cm³/mol. The van der Waals surface area contributed by atoms with E-state index in [4.69, 9.17) is 4.74 Å². The van der Waals surface area contributed by atoms with Gasteiger partial charge in [0.1, 0.15) is 12.2 Å². The van der Waals surface area contributed by atoms with Crippen molar-refractivity contribution < 1.29 is 9.53 Å². The van der Waals surface area contributed by atoms with Crippen molar-refractivity contribution in [3.63, 3.8) is 0 Å². The molecule has 2 heterocycles. The number of aliphatic imine (C=N–C) groups is 2. The number of rotatable bonds is 11. The molecule has 0 spiro atoms. The van der Waals surface area contributed by atoms with Crippen molar-refractivity contribution in [2.75, 3.05) is 45.9 Å². The summed E-state index contributed by atoms with van der Waals surface area (Å²) in [7, 11) is 0. The van der Waals surface area contributed by atoms with E-state index < -0.39 is 0 Å². The van der Waals surface area contributed by atoms with Gasteiger partial charge >= 0.3 is 0 Å². The van der Waals surface area contributed by atoms with Gasteiger partial charge in [0.2, 0.25) is 5.91 Å². The van der Waals surface area contributed by atoms with Crippen molar-refractivity contribution >= 4 is 18.5 Å². The highest BCUT2D eigenvalue weighted by Crippen LogP contribution is 2.12. The minimum Gasteiger partial charge on any atom is -0.378 e. The highest BCUT2D eigenvalue weighted by atomic mass is 16.5. The molecule has 2 saturated heterocycles. The maximum atomic E-state index is 11.6. The molecule has 0 radical (unpaired) electrons. The lowest BCUT2D eigenvalue weighted by Gasteiger charge is -2.38. The fraction of sp³-hybridized carbons (Fsp3) is 0.650. The Hall–Kier alpha value is -2.23. The number of carbonyl (C=O) groups is 1. The van der Waals surface area contributed by atoms with Gasteiger partial charge in [-0.1, -0.05) is 20.1 Å². The monoisotopic (exact) mass is 405 g/mol. The Morgan fingerprint density at radius 3 is 2.86 bits per heavy atom. The van der Waals surface area contributed by atoms with Crippen molar-refractivity contribution in [3.05, 3.63) is 25.1 Å². The van der Waals surface area contributed by atoms with Gasteiger partial charge in [0.15, 0.2) is 0 Å². The van der Waals surface area contributed by atoms with Gasteiger partial charge in [0, 0.05) is 25.7 Å². The van der Waals surface area contributed by atoms with E-state index in [-0.39, 0.29) is 18.1 Å². The number of morpholine rings is 1. The number of hydrazine groups is 1. The summed E-state index contributed by atoms with van der Waals surface area (Å²) in [5.74, 6) is 0.588. The molecule has 2 fully saturated rings. The van der Waals surface area contributed by atoms with E-state index in [2.05, 4.69) is 56.0 Å². The van der Waals surface area contributed by atoms with Crippen molar-refractivity contribution in [2.24, 2.45) is 9.98 Å². The first-order chi connectivity index (χ1) is 14.1. The van der Waals surface area contributed by atoms with Gasteiger partial charge in [-0.15, -0.1) is 0 Å². The van der Waals surface area contributed by atoms with Crippen molar-refractivity contribution in [1.82, 2.24) is 26.0 Å². The second-order valence-corrected chi connectivity index (χ2v) is 7.08. The largest absolute Gasteiger partial charge is 0.378 e. The van der Waals surface area contributed by atoms with Crippen LogP contribution < -0.4 is 16.2 Å². The second-order valence-electron chi connectivity index (χ2n) is 7.08. The van der Waals surface area contributed by atoms with Crippen LogP contribution in [0.25, 0.3) is 0 Å². The molecule has 1 unspecified atom stereocenters. The Kier molecular flexibility index (Phi) is 10.4. The van der Waals surface area contributed by atoms with Gasteiger partial charge in [-0.3, -0.25) is 14.7 Å². The number of amides is 1. The van der Waals surface area contributed by atoms with Crippen LogP contribution in [0.5, 0.6) is 0 Å². The summed E-state index contributed by atoms with van der Waals surface area (Å²) < 4.78 is 5.35. The van der Waals surface area contributed by atoms with Crippen LogP contribution in [0, 0.1) is 0 Å². The highest BCUT2D eigenvalue weighted by Gasteiger charge is 2.26. The molecule has 2 aliphatic rings. The maximum absolute atomic E-state index is 11.6. The standard InChI is InChI=1S/C20H35N7O2/c1-4-8-21-14-19(27-9-6-7-18(15-27)24-20(28)5-2)25-23-16-22-17(3)26-10-12-29-13-11-26/h5,8,16,18-19,25H,2-4,6-7,9-15H2,1H3,(H,22,23)(H,24,28)/b21-8-/t18-,19?/m1/s1. The lowest BCUT2D eigenvalue weighted by molar-refractivity contribution is -0.117. The van der Waals surface area contributed by atoms with Gasteiger partial charge in [0.05, 0.1) is 25.9 Å². The lowest BCUT2D eigenvalue weighted by atomic mass is 10.1. The average Bonchev–Trinajstić information content (AvgIpc) is 2.76. The Labute approximate surface area is 173 Å². The number of hydrogen-bond acceptors (Lipinski definition) is 7. The molecule has 0 saturated carbocycles. The number of nitrogens with zero attached hydrogens (tertiary/aromatic N) is 4. The third-order valence-electron chi connectivity index (χ3n) is 4.92. The Morgan fingerprint density at radius 1 is 1.34 bits per heavy atom. The van der Waals surface area contributed by atoms with E-state index in [1.165, 1.54) is 6.08 Å². The molecular weight excluding hydrogens is 370 g/mol. The normalized spacial score (nSPS) is 22.0. The molecule has 2 aliphatic heterocycles. The Bertz CT molecular complexity index is 587. The van der Waals surface area contributed by atoms with Crippen LogP contribution >= 0.6 is 0 Å². The van der Waals surface area contributed by atoms with Crippen LogP contribution in [-0.4, -0.2) is 86.4 Å². The van der Waals surface area contributed by atoms with Gasteiger partial charge in [-0.05, 0) is 38.1 Å². The number of likely N-dealkylation sites (tertiary alicyclic amines) is 1. The number of piperidine rings is 1. The molecule has 0 aromatic rings. The molecule has 0 aliphatic carbocycles. The summed E-state index contributed by atoms with van der Waals surface area (Å²) >= 11 is 0. The molecule has 2 rings (SSSR count). The quantitative estimate of drug-likeness (QED) is 0.200. The van der Waals surface area contributed by atoms with Crippen LogP contribution in [0.4, 0.5) is 0 Å². The first-order valence-electron chi connectivity index (χ1n) is 10.3. The van der Waals surface area contributed by atoms with Gasteiger partial charge in [-0.25, -0.2) is 10.4 Å². The van der Waals surface area contributed by atoms with Crippen LogP contribution in [0.3, 0.4) is 0 Å². The van der Waals surface area contributed by atoms with Crippen molar-refractivity contribution in [3.8, 4) is 0 Å². The maximum Gasteiger partial charge on any atom is 0.243 e. The smallest absolute Gasteiger partial charge is 0.243 e. The van der Waals surface area contributed by atoms with E-state index in [0.29, 0.717) is 25.6 Å². The number of ether oxygens (including phenoxy) is 1. The zero-order chi connectivity index (χ0) is 20.9. The molecule has 3 N–H and O–H groups in total. The summed E-state index contributed by atoms with van der Waals surface area (Å²) in [4.78, 5) is 24.9. The van der Waals surface area contributed by atoms with E-state index >= 15 is 0 Å². The van der Waals surface area contributed by atoms with Gasteiger partial charge < -0.3 is 20.4 Å². The van der Waals surface area contributed by atoms with Gasteiger partial charge in [0.25, 0.3) is 0 Å². The summed E-state index contributed by atoms with van der Waals surface area (Å²) in [5, 5.41) is 3.00. The Morgan fingerprint density at radius 2 is 2.14 bits per heavy atom. The topological polar surface area (TPSA) is 93.6 Å². The molecule has 0 bridgehead atoms. The number of carbonyl (C=O) groups excluding carboxylic acids is 1. The number of nitrogens with one attached hydrogen (secondary N) is 3. The first-order valence-corrected chi connectivity index (χ1v) is 10.3. The van der Waals surface area contributed by atoms with Crippen LogP contribution in [0.2, 0.25) is 0 Å². The molecule has 2 atom stereocenters. The van der Waals surface area contributed by atoms with E-state index in [9.17, 15) is 4.79 Å². The van der Waals surface area contributed by atoms with E-state index in [1.54, 1.807) is 6.34 Å². The molecule has 9 nitrogen and oxygen atoms in total. The van der Waals surface area contributed by atoms with Crippen molar-refractivity contribution in [1.29, 1.82) is 0 Å². The third kappa shape index (κ3) is 8.35. The molecule has 1 amide bonds. The molecule has 29 heavy (non-hydrogen) atoms. The molecular formula is C20H35N7O2. The van der Waals surface area contributed by atoms with Crippen LogP contribution in [0.1, 0.15) is 26.2 Å². The molecule has 9 heteroatoms. The fourth-order valence-electron chi connectivity index (χ4n) is 3.37. The van der Waals surface area contributed by atoms with E-state index in [1.807, 2.05) is 6.21 Å². The number of hydrogen-bond donors (Lipinski definition) is 3. The first kappa shape index (κ1) is 23.1.